The monoisotopic (exact) mass is 201 g/mol. The molecule has 3 rings (SSSR count). The molecule has 0 amide bonds. The predicted molar refractivity (Wildman–Crippen MR) is 62.7 cm³/mol. The lowest BCUT2D eigenvalue weighted by atomic mass is 10.0. The first kappa shape index (κ1) is 9.41. The van der Waals surface area contributed by atoms with Crippen molar-refractivity contribution in [2.75, 3.05) is 13.1 Å². The second-order valence-corrected chi connectivity index (χ2v) is 5.03. The SMILES string of the molecule is c1ccc(CCCC2[C@H]3CNC[C@@H]23)cc1. The molecular weight excluding hydrogens is 182 g/mol. The van der Waals surface area contributed by atoms with E-state index in [-0.39, 0.29) is 0 Å². The van der Waals surface area contributed by atoms with Gasteiger partial charge >= 0.3 is 0 Å². The number of aryl methyl sites for hydroxylation is 1. The van der Waals surface area contributed by atoms with Gasteiger partial charge in [-0.25, -0.2) is 0 Å². The zero-order valence-corrected chi connectivity index (χ0v) is 9.15. The van der Waals surface area contributed by atoms with E-state index in [0.29, 0.717) is 0 Å². The molecule has 1 aromatic rings. The molecule has 1 aliphatic carbocycles. The Kier molecular flexibility index (Phi) is 2.49. The molecule has 1 N–H and O–H groups in total. The Labute approximate surface area is 91.9 Å². The Bertz CT molecular complexity index is 309. The summed E-state index contributed by atoms with van der Waals surface area (Å²) in [5.74, 6) is 3.15. The van der Waals surface area contributed by atoms with Gasteiger partial charge in [-0.1, -0.05) is 30.3 Å². The van der Waals surface area contributed by atoms with Crippen LogP contribution in [0.3, 0.4) is 0 Å². The van der Waals surface area contributed by atoms with Crippen LogP contribution in [0.2, 0.25) is 0 Å². The average molecular weight is 201 g/mol. The lowest BCUT2D eigenvalue weighted by Gasteiger charge is -2.04. The van der Waals surface area contributed by atoms with Crippen molar-refractivity contribution in [3.8, 4) is 0 Å². The van der Waals surface area contributed by atoms with E-state index in [2.05, 4.69) is 35.6 Å². The molecule has 80 valence electrons. The summed E-state index contributed by atoms with van der Waals surface area (Å²) in [6.45, 7) is 2.58. The first-order chi connectivity index (χ1) is 7.45. The third kappa shape index (κ3) is 1.93. The van der Waals surface area contributed by atoms with Crippen molar-refractivity contribution in [3.05, 3.63) is 35.9 Å². The minimum atomic E-state index is 1.04. The van der Waals surface area contributed by atoms with Crippen molar-refractivity contribution < 1.29 is 0 Å². The Balaban J connectivity index is 1.41. The molecule has 1 aromatic carbocycles. The van der Waals surface area contributed by atoms with E-state index in [1.165, 1.54) is 37.9 Å². The fraction of sp³-hybridized carbons (Fsp3) is 0.571. The molecule has 0 bridgehead atoms. The lowest BCUT2D eigenvalue weighted by molar-refractivity contribution is 0.540. The number of piperidine rings is 1. The fourth-order valence-corrected chi connectivity index (χ4v) is 3.16. The van der Waals surface area contributed by atoms with Gasteiger partial charge in [-0.15, -0.1) is 0 Å². The van der Waals surface area contributed by atoms with Crippen LogP contribution in [0, 0.1) is 17.8 Å². The number of fused-ring (bicyclic) bond motifs is 1. The maximum absolute atomic E-state index is 3.46. The zero-order valence-electron chi connectivity index (χ0n) is 9.15. The molecule has 1 aliphatic heterocycles. The molecule has 1 heterocycles. The lowest BCUT2D eigenvalue weighted by Crippen LogP contribution is -2.14. The normalized spacial score (nSPS) is 32.7. The van der Waals surface area contributed by atoms with Crippen molar-refractivity contribution in [3.63, 3.8) is 0 Å². The third-order valence-corrected chi connectivity index (χ3v) is 4.11. The van der Waals surface area contributed by atoms with Crippen LogP contribution in [0.5, 0.6) is 0 Å². The molecule has 3 atom stereocenters. The van der Waals surface area contributed by atoms with Crippen LogP contribution >= 0.6 is 0 Å². The van der Waals surface area contributed by atoms with E-state index in [1.54, 1.807) is 0 Å². The smallest absolute Gasteiger partial charge is 0.00144 e. The van der Waals surface area contributed by atoms with E-state index in [9.17, 15) is 0 Å². The molecule has 1 nitrogen and oxygen atoms in total. The third-order valence-electron chi connectivity index (χ3n) is 4.11. The van der Waals surface area contributed by atoms with Crippen LogP contribution in [0.25, 0.3) is 0 Å². The van der Waals surface area contributed by atoms with Gasteiger partial charge in [0, 0.05) is 0 Å². The van der Waals surface area contributed by atoms with Crippen molar-refractivity contribution in [2.24, 2.45) is 17.8 Å². The predicted octanol–water partition coefficient (Wildman–Crippen LogP) is 2.47. The summed E-state index contributed by atoms with van der Waals surface area (Å²) in [5, 5.41) is 3.46. The minimum absolute atomic E-state index is 1.04. The molecule has 0 aromatic heterocycles. The zero-order chi connectivity index (χ0) is 10.1. The average Bonchev–Trinajstić information content (AvgIpc) is 2.75. The Morgan fingerprint density at radius 3 is 2.53 bits per heavy atom. The Morgan fingerprint density at radius 2 is 1.80 bits per heavy atom. The van der Waals surface area contributed by atoms with Crippen LogP contribution in [0.15, 0.2) is 30.3 Å². The molecule has 1 heteroatoms. The molecule has 0 radical (unpaired) electrons. The molecule has 0 spiro atoms. The van der Waals surface area contributed by atoms with Crippen molar-refractivity contribution >= 4 is 0 Å². The number of benzene rings is 1. The molecule has 1 saturated carbocycles. The number of hydrogen-bond donors (Lipinski definition) is 1. The van der Waals surface area contributed by atoms with Crippen LogP contribution in [0.1, 0.15) is 18.4 Å². The van der Waals surface area contributed by atoms with E-state index in [0.717, 1.165) is 17.8 Å². The summed E-state index contributed by atoms with van der Waals surface area (Å²) >= 11 is 0. The number of rotatable bonds is 4. The second kappa shape index (κ2) is 3.97. The van der Waals surface area contributed by atoms with Crippen molar-refractivity contribution in [2.45, 2.75) is 19.3 Å². The molecule has 1 unspecified atom stereocenters. The molecule has 2 aliphatic rings. The quantitative estimate of drug-likeness (QED) is 0.789. The maximum Gasteiger partial charge on any atom is -0.00144 e. The van der Waals surface area contributed by atoms with E-state index in [4.69, 9.17) is 0 Å². The van der Waals surface area contributed by atoms with Gasteiger partial charge in [0.25, 0.3) is 0 Å². The van der Waals surface area contributed by atoms with Crippen molar-refractivity contribution in [1.82, 2.24) is 5.32 Å². The number of hydrogen-bond acceptors (Lipinski definition) is 1. The maximum atomic E-state index is 3.46. The van der Waals surface area contributed by atoms with Gasteiger partial charge in [-0.05, 0) is 55.7 Å². The highest BCUT2D eigenvalue weighted by molar-refractivity contribution is 5.14. The van der Waals surface area contributed by atoms with E-state index >= 15 is 0 Å². The highest BCUT2D eigenvalue weighted by atomic mass is 15.0. The van der Waals surface area contributed by atoms with Gasteiger partial charge in [0.15, 0.2) is 0 Å². The summed E-state index contributed by atoms with van der Waals surface area (Å²) in [4.78, 5) is 0. The molecule has 2 fully saturated rings. The highest BCUT2D eigenvalue weighted by Crippen LogP contribution is 2.51. The highest BCUT2D eigenvalue weighted by Gasteiger charge is 2.51. The minimum Gasteiger partial charge on any atom is -0.316 e. The van der Waals surface area contributed by atoms with Gasteiger partial charge in [0.2, 0.25) is 0 Å². The van der Waals surface area contributed by atoms with Crippen LogP contribution < -0.4 is 5.32 Å². The van der Waals surface area contributed by atoms with Crippen LogP contribution in [0.4, 0.5) is 0 Å². The summed E-state index contributed by atoms with van der Waals surface area (Å²) in [6.07, 6.45) is 4.10. The summed E-state index contributed by atoms with van der Waals surface area (Å²) in [6, 6.07) is 10.9. The molecule has 1 saturated heterocycles. The van der Waals surface area contributed by atoms with Crippen molar-refractivity contribution in [1.29, 1.82) is 0 Å². The van der Waals surface area contributed by atoms with Crippen LogP contribution in [-0.2, 0) is 6.42 Å². The van der Waals surface area contributed by atoms with Gasteiger partial charge in [-0.3, -0.25) is 0 Å². The number of nitrogens with one attached hydrogen (secondary N) is 1. The topological polar surface area (TPSA) is 12.0 Å². The standard InChI is InChI=1S/C14H19N/c1-2-5-11(6-3-1)7-4-8-12-13-9-15-10-14(12)13/h1-3,5-6,12-15H,4,7-10H2/t12?,13-,14+. The second-order valence-electron chi connectivity index (χ2n) is 5.03. The van der Waals surface area contributed by atoms with Gasteiger partial charge in [0.05, 0.1) is 0 Å². The first-order valence-corrected chi connectivity index (χ1v) is 6.20. The largest absolute Gasteiger partial charge is 0.316 e. The summed E-state index contributed by atoms with van der Waals surface area (Å²) in [7, 11) is 0. The fourth-order valence-electron chi connectivity index (χ4n) is 3.16. The Morgan fingerprint density at radius 1 is 1.07 bits per heavy atom. The van der Waals surface area contributed by atoms with Gasteiger partial charge < -0.3 is 5.32 Å². The van der Waals surface area contributed by atoms with Crippen LogP contribution in [-0.4, -0.2) is 13.1 Å². The van der Waals surface area contributed by atoms with E-state index < -0.39 is 0 Å². The summed E-state index contributed by atoms with van der Waals surface area (Å²) in [5.41, 5.74) is 1.50. The Hall–Kier alpha value is -0.820. The van der Waals surface area contributed by atoms with E-state index in [1.807, 2.05) is 0 Å². The first-order valence-electron chi connectivity index (χ1n) is 6.20. The summed E-state index contributed by atoms with van der Waals surface area (Å²) < 4.78 is 0. The van der Waals surface area contributed by atoms with Gasteiger partial charge in [-0.2, -0.15) is 0 Å². The van der Waals surface area contributed by atoms with Gasteiger partial charge in [0.1, 0.15) is 0 Å². The molecular formula is C14H19N. The molecule has 15 heavy (non-hydrogen) atoms.